The number of alkyl carbamates (subject to hydrolysis) is 1. The molecule has 1 saturated carbocycles. The van der Waals surface area contributed by atoms with Gasteiger partial charge in [-0.25, -0.2) is 14.0 Å². The summed E-state index contributed by atoms with van der Waals surface area (Å²) in [6.07, 6.45) is 7.72. The molecule has 1 aliphatic heterocycles. The Kier molecular flexibility index (Phi) is 12.2. The molecule has 1 unspecified atom stereocenters. The van der Waals surface area contributed by atoms with Crippen molar-refractivity contribution in [2.75, 3.05) is 46.9 Å². The number of nitrogens with one attached hydrogen (secondary N) is 3. The fraction of sp³-hybridized carbons (Fsp3) is 0.704. The third kappa shape index (κ3) is 9.30. The number of carbonyl (C=O) groups is 2. The molecule has 10 heteroatoms. The van der Waals surface area contributed by atoms with Gasteiger partial charge < -0.3 is 30.3 Å². The number of hydrogen-bond donors (Lipinski definition) is 3. The predicted molar refractivity (Wildman–Crippen MR) is 142 cm³/mol. The minimum Gasteiger partial charge on any atom is -0.453 e. The van der Waals surface area contributed by atoms with Gasteiger partial charge in [0.2, 0.25) is 0 Å². The fourth-order valence-electron chi connectivity index (χ4n) is 5.60. The van der Waals surface area contributed by atoms with Gasteiger partial charge in [0.15, 0.2) is 0 Å². The molecule has 0 spiro atoms. The smallest absolute Gasteiger partial charge is 0.406 e. The lowest BCUT2D eigenvalue weighted by molar-refractivity contribution is -0.0106. The molecule has 1 heterocycles. The number of nitrogens with zero attached hydrogens (tertiary/aromatic N) is 1. The second-order valence-corrected chi connectivity index (χ2v) is 10.6. The Balaban J connectivity index is 1.66. The van der Waals surface area contributed by atoms with Crippen LogP contribution in [0.25, 0.3) is 0 Å². The molecule has 1 saturated heterocycles. The van der Waals surface area contributed by atoms with Crippen molar-refractivity contribution in [1.29, 1.82) is 0 Å². The van der Waals surface area contributed by atoms with Crippen molar-refractivity contribution in [2.45, 2.75) is 63.5 Å². The van der Waals surface area contributed by atoms with E-state index in [4.69, 9.17) is 16.3 Å². The average molecular weight is 541 g/mol. The predicted octanol–water partition coefficient (Wildman–Crippen LogP) is 4.87. The first-order valence-corrected chi connectivity index (χ1v) is 13.9. The molecule has 37 heavy (non-hydrogen) atoms. The van der Waals surface area contributed by atoms with E-state index in [-0.39, 0.29) is 31.1 Å². The van der Waals surface area contributed by atoms with Gasteiger partial charge in [-0.2, -0.15) is 0 Å². The lowest BCUT2D eigenvalue weighted by Crippen LogP contribution is -2.52. The molecule has 0 radical (unpaired) electrons. The zero-order chi connectivity index (χ0) is 26.6. The first kappa shape index (κ1) is 29.5. The SMILES string of the molecule is CNC[C@H](CC1CCCCC1)NC(=O)N1CCC[C@@H](C(OCCNC(=O)OC)c2cc(Cl)ccc2F)C1. The van der Waals surface area contributed by atoms with Crippen LogP contribution in [0.3, 0.4) is 0 Å². The standard InChI is InChI=1S/C27H42ClFN4O4/c1-30-17-22(15-19-7-4-3-5-8-19)32-26(34)33-13-6-9-20(18-33)25(37-14-12-31-27(35)36-2)23-16-21(28)10-11-24(23)29/h10-11,16,19-20,22,25,30H,3-9,12-15,17-18H2,1-2H3,(H,31,35)(H,32,34)/t20-,22+,25?/m1/s1. The van der Waals surface area contributed by atoms with E-state index in [1.807, 2.05) is 11.9 Å². The molecule has 3 N–H and O–H groups in total. The van der Waals surface area contributed by atoms with Crippen LogP contribution in [0.2, 0.25) is 5.02 Å². The molecule has 1 aromatic carbocycles. The monoisotopic (exact) mass is 540 g/mol. The van der Waals surface area contributed by atoms with Crippen LogP contribution in [-0.4, -0.2) is 70.0 Å². The lowest BCUT2D eigenvalue weighted by atomic mass is 9.85. The summed E-state index contributed by atoms with van der Waals surface area (Å²) >= 11 is 6.19. The zero-order valence-electron chi connectivity index (χ0n) is 22.1. The quantitative estimate of drug-likeness (QED) is 0.348. The van der Waals surface area contributed by atoms with Gasteiger partial charge >= 0.3 is 12.1 Å². The first-order chi connectivity index (χ1) is 17.9. The molecular weight excluding hydrogens is 499 g/mol. The summed E-state index contributed by atoms with van der Waals surface area (Å²) in [6.45, 7) is 2.20. The number of amides is 3. The summed E-state index contributed by atoms with van der Waals surface area (Å²) < 4.78 is 25.6. The molecule has 2 fully saturated rings. The van der Waals surface area contributed by atoms with Gasteiger partial charge in [0.05, 0.1) is 19.8 Å². The number of ether oxygens (including phenoxy) is 2. The Morgan fingerprint density at radius 2 is 1.97 bits per heavy atom. The summed E-state index contributed by atoms with van der Waals surface area (Å²) in [5.74, 6) is 0.133. The van der Waals surface area contributed by atoms with Crippen molar-refractivity contribution in [1.82, 2.24) is 20.9 Å². The van der Waals surface area contributed by atoms with Crippen LogP contribution < -0.4 is 16.0 Å². The number of carbonyl (C=O) groups excluding carboxylic acids is 2. The van der Waals surface area contributed by atoms with Crippen LogP contribution in [0.5, 0.6) is 0 Å². The Bertz CT molecular complexity index is 871. The van der Waals surface area contributed by atoms with Crippen LogP contribution in [0.1, 0.15) is 63.0 Å². The van der Waals surface area contributed by atoms with Crippen LogP contribution >= 0.6 is 11.6 Å². The topological polar surface area (TPSA) is 91.9 Å². The minimum atomic E-state index is -0.607. The molecule has 8 nitrogen and oxygen atoms in total. The first-order valence-electron chi connectivity index (χ1n) is 13.5. The van der Waals surface area contributed by atoms with E-state index < -0.39 is 18.0 Å². The fourth-order valence-corrected chi connectivity index (χ4v) is 5.78. The summed E-state index contributed by atoms with van der Waals surface area (Å²) in [5.41, 5.74) is 0.364. The second-order valence-electron chi connectivity index (χ2n) is 10.2. The molecule has 3 atom stereocenters. The molecule has 2 aliphatic rings. The number of likely N-dealkylation sites (tertiary alicyclic amines) is 1. The van der Waals surface area contributed by atoms with Crippen LogP contribution in [0, 0.1) is 17.7 Å². The highest BCUT2D eigenvalue weighted by Gasteiger charge is 2.33. The van der Waals surface area contributed by atoms with Gasteiger partial charge in [-0.15, -0.1) is 0 Å². The number of urea groups is 1. The maximum absolute atomic E-state index is 14.9. The molecule has 1 aliphatic carbocycles. The number of rotatable bonds is 11. The third-order valence-electron chi connectivity index (χ3n) is 7.41. The van der Waals surface area contributed by atoms with Crippen molar-refractivity contribution >= 4 is 23.7 Å². The third-order valence-corrected chi connectivity index (χ3v) is 7.65. The van der Waals surface area contributed by atoms with Crippen LogP contribution in [0.15, 0.2) is 18.2 Å². The molecule has 0 aromatic heterocycles. The van der Waals surface area contributed by atoms with Gasteiger partial charge in [0.25, 0.3) is 0 Å². The van der Waals surface area contributed by atoms with E-state index in [2.05, 4.69) is 20.7 Å². The number of likely N-dealkylation sites (N-methyl/N-ethyl adjacent to an activating group) is 1. The van der Waals surface area contributed by atoms with Crippen LogP contribution in [0.4, 0.5) is 14.0 Å². The van der Waals surface area contributed by atoms with E-state index in [1.165, 1.54) is 51.3 Å². The summed E-state index contributed by atoms with van der Waals surface area (Å²) in [4.78, 5) is 26.5. The maximum Gasteiger partial charge on any atom is 0.406 e. The average Bonchev–Trinajstić information content (AvgIpc) is 2.91. The number of halogens is 2. The highest BCUT2D eigenvalue weighted by Crippen LogP contribution is 2.35. The molecule has 1 aromatic rings. The number of hydrogen-bond acceptors (Lipinski definition) is 5. The highest BCUT2D eigenvalue weighted by atomic mass is 35.5. The van der Waals surface area contributed by atoms with Gasteiger partial charge in [-0.3, -0.25) is 0 Å². The summed E-state index contributed by atoms with van der Waals surface area (Å²) in [7, 11) is 3.20. The van der Waals surface area contributed by atoms with Gasteiger partial charge in [-0.05, 0) is 50.4 Å². The molecule has 0 bridgehead atoms. The minimum absolute atomic E-state index is 0.0720. The number of benzene rings is 1. The Labute approximate surface area is 225 Å². The zero-order valence-corrected chi connectivity index (χ0v) is 22.8. The Hall–Kier alpha value is -2.10. The number of methoxy groups -OCH3 is 1. The summed E-state index contributed by atoms with van der Waals surface area (Å²) in [6, 6.07) is 4.41. The van der Waals surface area contributed by atoms with Gasteiger partial charge in [-0.1, -0.05) is 43.7 Å². The molecular formula is C27H42ClFN4O4. The van der Waals surface area contributed by atoms with Crippen molar-refractivity contribution in [3.05, 3.63) is 34.6 Å². The molecule has 208 valence electrons. The van der Waals surface area contributed by atoms with Crippen molar-refractivity contribution in [2.24, 2.45) is 11.8 Å². The van der Waals surface area contributed by atoms with Crippen molar-refractivity contribution in [3.63, 3.8) is 0 Å². The largest absolute Gasteiger partial charge is 0.453 e. The highest BCUT2D eigenvalue weighted by molar-refractivity contribution is 6.30. The molecule has 3 amide bonds. The van der Waals surface area contributed by atoms with Crippen molar-refractivity contribution < 1.29 is 23.5 Å². The van der Waals surface area contributed by atoms with E-state index in [0.29, 0.717) is 29.6 Å². The van der Waals surface area contributed by atoms with Gasteiger partial charge in [0, 0.05) is 48.7 Å². The van der Waals surface area contributed by atoms with Crippen molar-refractivity contribution in [3.8, 4) is 0 Å². The number of piperidine rings is 1. The van der Waals surface area contributed by atoms with E-state index in [0.717, 1.165) is 25.8 Å². The Morgan fingerprint density at radius 1 is 1.19 bits per heavy atom. The second kappa shape index (κ2) is 15.3. The lowest BCUT2D eigenvalue weighted by Gasteiger charge is -2.38. The maximum atomic E-state index is 14.9. The van der Waals surface area contributed by atoms with Crippen LogP contribution in [-0.2, 0) is 9.47 Å². The normalized spacial score (nSPS) is 20.2. The van der Waals surface area contributed by atoms with E-state index in [1.54, 1.807) is 6.07 Å². The summed E-state index contributed by atoms with van der Waals surface area (Å²) in [5, 5.41) is 9.47. The van der Waals surface area contributed by atoms with E-state index in [9.17, 15) is 14.0 Å². The molecule has 3 rings (SSSR count). The van der Waals surface area contributed by atoms with E-state index >= 15 is 0 Å². The Morgan fingerprint density at radius 3 is 2.70 bits per heavy atom. The van der Waals surface area contributed by atoms with Gasteiger partial charge in [0.1, 0.15) is 5.82 Å².